The highest BCUT2D eigenvalue weighted by molar-refractivity contribution is 8.04. The zero-order valence-electron chi connectivity index (χ0n) is 21.7. The summed E-state index contributed by atoms with van der Waals surface area (Å²) < 4.78 is 0. The molecule has 0 bridgehead atoms. The van der Waals surface area contributed by atoms with E-state index in [0.717, 1.165) is 54.8 Å². The summed E-state index contributed by atoms with van der Waals surface area (Å²) in [6.45, 7) is 6.65. The summed E-state index contributed by atoms with van der Waals surface area (Å²) in [7, 11) is 0. The lowest BCUT2D eigenvalue weighted by Gasteiger charge is -2.44. The summed E-state index contributed by atoms with van der Waals surface area (Å²) in [4.78, 5) is 31.7. The predicted molar refractivity (Wildman–Crippen MR) is 149 cm³/mol. The zero-order valence-corrected chi connectivity index (χ0v) is 22.5. The maximum absolute atomic E-state index is 13.8. The fraction of sp³-hybridized carbons (Fsp3) is 0.484. The Balaban J connectivity index is 1.36. The summed E-state index contributed by atoms with van der Waals surface area (Å²) in [6, 6.07) is 14.7. The van der Waals surface area contributed by atoms with E-state index in [1.165, 1.54) is 42.4 Å². The molecule has 2 unspecified atom stereocenters. The van der Waals surface area contributed by atoms with Crippen molar-refractivity contribution in [1.82, 2.24) is 9.80 Å². The number of nitrogens with zero attached hydrogens (tertiary/aromatic N) is 2. The van der Waals surface area contributed by atoms with Crippen LogP contribution in [0.4, 0.5) is 0 Å². The Morgan fingerprint density at radius 3 is 2.42 bits per heavy atom. The maximum Gasteiger partial charge on any atom is 0.260 e. The van der Waals surface area contributed by atoms with Gasteiger partial charge in [0.25, 0.3) is 11.8 Å². The molecule has 1 aliphatic carbocycles. The zero-order chi connectivity index (χ0) is 25.1. The van der Waals surface area contributed by atoms with Crippen molar-refractivity contribution in [3.63, 3.8) is 0 Å². The number of aryl methyl sites for hydroxylation is 2. The van der Waals surface area contributed by atoms with Crippen LogP contribution in [0.1, 0.15) is 84.0 Å². The van der Waals surface area contributed by atoms with Crippen molar-refractivity contribution < 1.29 is 9.59 Å². The molecule has 0 spiro atoms. The standard InChI is InChI=1S/C31H38N2O2S/c1-22-11-12-23(2)26(19-22)21-33-27-9-5-6-10-28(27)36-29(31(33)35)20-24-13-15-25(16-14-24)30(34)32-17-7-3-4-8-18-32/h11-16,19-20,27-28H,3-10,17-18,21H2,1-2H3/b29-20-. The van der Waals surface area contributed by atoms with E-state index in [0.29, 0.717) is 17.8 Å². The summed E-state index contributed by atoms with van der Waals surface area (Å²) in [5.41, 5.74) is 5.45. The lowest BCUT2D eigenvalue weighted by Crippen LogP contribution is -2.50. The Hall–Kier alpha value is -2.53. The minimum atomic E-state index is 0.129. The van der Waals surface area contributed by atoms with Crippen LogP contribution in [0, 0.1) is 13.8 Å². The van der Waals surface area contributed by atoms with Gasteiger partial charge in [-0.25, -0.2) is 0 Å². The molecule has 190 valence electrons. The second-order valence-electron chi connectivity index (χ2n) is 10.7. The third-order valence-electron chi connectivity index (χ3n) is 8.01. The first-order valence-corrected chi connectivity index (χ1v) is 14.5. The number of rotatable bonds is 4. The van der Waals surface area contributed by atoms with Crippen LogP contribution in [0.5, 0.6) is 0 Å². The number of thioether (sulfide) groups is 1. The molecule has 2 amide bonds. The fourth-order valence-electron chi connectivity index (χ4n) is 5.85. The number of amides is 2. The number of hydrogen-bond donors (Lipinski definition) is 0. The first-order valence-electron chi connectivity index (χ1n) is 13.6. The van der Waals surface area contributed by atoms with Crippen LogP contribution in [0.15, 0.2) is 47.4 Å². The normalized spacial score (nSPS) is 23.9. The van der Waals surface area contributed by atoms with Crippen molar-refractivity contribution in [3.8, 4) is 0 Å². The van der Waals surface area contributed by atoms with Gasteiger partial charge in [0.2, 0.25) is 0 Å². The first-order chi connectivity index (χ1) is 17.5. The Morgan fingerprint density at radius 1 is 0.944 bits per heavy atom. The molecule has 1 saturated carbocycles. The molecule has 2 atom stereocenters. The van der Waals surface area contributed by atoms with Crippen molar-refractivity contribution in [2.24, 2.45) is 0 Å². The molecule has 2 aromatic carbocycles. The molecule has 2 saturated heterocycles. The van der Waals surface area contributed by atoms with Gasteiger partial charge in [0.15, 0.2) is 0 Å². The molecule has 2 aliphatic heterocycles. The minimum Gasteiger partial charge on any atom is -0.339 e. The van der Waals surface area contributed by atoms with Gasteiger partial charge in [-0.1, -0.05) is 61.6 Å². The van der Waals surface area contributed by atoms with E-state index >= 15 is 0 Å². The molecule has 3 fully saturated rings. The number of hydrogen-bond acceptors (Lipinski definition) is 3. The van der Waals surface area contributed by atoms with E-state index in [-0.39, 0.29) is 11.8 Å². The highest BCUT2D eigenvalue weighted by Gasteiger charge is 2.40. The van der Waals surface area contributed by atoms with E-state index in [4.69, 9.17) is 0 Å². The molecule has 5 heteroatoms. The Labute approximate surface area is 220 Å². The largest absolute Gasteiger partial charge is 0.339 e. The van der Waals surface area contributed by atoms with Gasteiger partial charge in [0.05, 0.1) is 4.91 Å². The van der Waals surface area contributed by atoms with Crippen LogP contribution < -0.4 is 0 Å². The predicted octanol–water partition coefficient (Wildman–Crippen LogP) is 6.75. The number of likely N-dealkylation sites (tertiary alicyclic amines) is 1. The lowest BCUT2D eigenvalue weighted by molar-refractivity contribution is -0.130. The van der Waals surface area contributed by atoms with Gasteiger partial charge in [-0.05, 0) is 74.4 Å². The van der Waals surface area contributed by atoms with Gasteiger partial charge < -0.3 is 9.80 Å². The Morgan fingerprint density at radius 2 is 1.67 bits per heavy atom. The van der Waals surface area contributed by atoms with Crippen molar-refractivity contribution >= 4 is 29.7 Å². The molecular formula is C31H38N2O2S. The molecule has 3 aliphatic rings. The second kappa shape index (κ2) is 11.2. The minimum absolute atomic E-state index is 0.129. The number of benzene rings is 2. The van der Waals surface area contributed by atoms with E-state index in [2.05, 4.69) is 36.9 Å². The molecule has 4 nitrogen and oxygen atoms in total. The SMILES string of the molecule is Cc1ccc(C)c(CN2C(=O)/C(=C/c3ccc(C(=O)N4CCCCCC4)cc3)SC3CCCCC32)c1. The van der Waals surface area contributed by atoms with Gasteiger partial charge in [0, 0.05) is 36.5 Å². The highest BCUT2D eigenvalue weighted by atomic mass is 32.2. The first kappa shape index (κ1) is 25.1. The van der Waals surface area contributed by atoms with Crippen molar-refractivity contribution in [2.45, 2.75) is 83.1 Å². The molecule has 2 heterocycles. The molecule has 5 rings (SSSR count). The third kappa shape index (κ3) is 5.56. The fourth-order valence-corrected chi connectivity index (χ4v) is 7.32. The van der Waals surface area contributed by atoms with Crippen LogP contribution in [-0.4, -0.2) is 46.0 Å². The van der Waals surface area contributed by atoms with Gasteiger partial charge in [0.1, 0.15) is 0 Å². The maximum atomic E-state index is 13.8. The van der Waals surface area contributed by atoms with E-state index in [9.17, 15) is 9.59 Å². The van der Waals surface area contributed by atoms with Crippen LogP contribution >= 0.6 is 11.8 Å². The summed E-state index contributed by atoms with van der Waals surface area (Å²) in [6.07, 6.45) is 11.3. The summed E-state index contributed by atoms with van der Waals surface area (Å²) >= 11 is 1.77. The van der Waals surface area contributed by atoms with Gasteiger partial charge in [-0.2, -0.15) is 0 Å². The molecular weight excluding hydrogens is 464 g/mol. The number of carbonyl (C=O) groups excluding carboxylic acids is 2. The van der Waals surface area contributed by atoms with Gasteiger partial charge >= 0.3 is 0 Å². The topological polar surface area (TPSA) is 40.6 Å². The average Bonchev–Trinajstić information content (AvgIpc) is 3.18. The van der Waals surface area contributed by atoms with Crippen LogP contribution in [-0.2, 0) is 11.3 Å². The monoisotopic (exact) mass is 502 g/mol. The van der Waals surface area contributed by atoms with Crippen LogP contribution in [0.2, 0.25) is 0 Å². The van der Waals surface area contributed by atoms with Crippen molar-refractivity contribution in [2.75, 3.05) is 13.1 Å². The van der Waals surface area contributed by atoms with E-state index in [1.54, 1.807) is 11.8 Å². The number of carbonyl (C=O) groups is 2. The van der Waals surface area contributed by atoms with Gasteiger partial charge in [-0.3, -0.25) is 9.59 Å². The third-order valence-corrected chi connectivity index (χ3v) is 9.41. The summed E-state index contributed by atoms with van der Waals surface area (Å²) in [5, 5.41) is 0.455. The van der Waals surface area contributed by atoms with E-state index < -0.39 is 0 Å². The Kier molecular flexibility index (Phi) is 7.85. The smallest absolute Gasteiger partial charge is 0.260 e. The number of fused-ring (bicyclic) bond motifs is 1. The summed E-state index contributed by atoms with van der Waals surface area (Å²) in [5.74, 6) is 0.276. The van der Waals surface area contributed by atoms with Gasteiger partial charge in [-0.15, -0.1) is 11.8 Å². The molecule has 0 N–H and O–H groups in total. The molecule has 0 aromatic heterocycles. The molecule has 36 heavy (non-hydrogen) atoms. The van der Waals surface area contributed by atoms with Crippen molar-refractivity contribution in [1.29, 1.82) is 0 Å². The highest BCUT2D eigenvalue weighted by Crippen LogP contribution is 2.43. The van der Waals surface area contributed by atoms with Crippen LogP contribution in [0.25, 0.3) is 6.08 Å². The van der Waals surface area contributed by atoms with E-state index in [1.807, 2.05) is 35.2 Å². The van der Waals surface area contributed by atoms with Crippen molar-refractivity contribution in [3.05, 3.63) is 75.2 Å². The average molecular weight is 503 g/mol. The Bertz CT molecular complexity index is 1130. The molecule has 2 aromatic rings. The van der Waals surface area contributed by atoms with Crippen LogP contribution in [0.3, 0.4) is 0 Å². The molecule has 0 radical (unpaired) electrons. The lowest BCUT2D eigenvalue weighted by atomic mass is 9.92. The second-order valence-corrected chi connectivity index (χ2v) is 12.0. The quantitative estimate of drug-likeness (QED) is 0.434.